The molecule has 0 radical (unpaired) electrons. The smallest absolute Gasteiger partial charge is 0.243 e. The third-order valence-corrected chi connectivity index (χ3v) is 7.75. The standard InChI is InChI=1S/C22H25FN4O4S/c23-17-6-8-19(9-7-17)32(30,31)27-11-10-24-22(29)20(27)16-21(28)26-14-12-25(13-15-26)18-4-2-1-3-5-18/h1-9,20H,10-16H2,(H,24,29)/t20-/m0/s1. The van der Waals surface area contributed by atoms with Crippen molar-refractivity contribution in [2.24, 2.45) is 0 Å². The highest BCUT2D eigenvalue weighted by atomic mass is 32.2. The topological polar surface area (TPSA) is 90.0 Å². The number of anilines is 1. The summed E-state index contributed by atoms with van der Waals surface area (Å²) in [6, 6.07) is 13.2. The molecule has 0 unspecified atom stereocenters. The summed E-state index contributed by atoms with van der Waals surface area (Å²) in [7, 11) is -4.06. The molecule has 2 aliphatic heterocycles. The lowest BCUT2D eigenvalue weighted by Gasteiger charge is -2.38. The first-order valence-corrected chi connectivity index (χ1v) is 11.9. The number of carbonyl (C=O) groups is 2. The van der Waals surface area contributed by atoms with Gasteiger partial charge in [0.2, 0.25) is 21.8 Å². The summed E-state index contributed by atoms with van der Waals surface area (Å²) in [4.78, 5) is 29.2. The number of nitrogens with zero attached hydrogens (tertiary/aromatic N) is 3. The van der Waals surface area contributed by atoms with Gasteiger partial charge >= 0.3 is 0 Å². The van der Waals surface area contributed by atoms with E-state index in [-0.39, 0.29) is 30.3 Å². The zero-order chi connectivity index (χ0) is 22.7. The Morgan fingerprint density at radius 3 is 2.28 bits per heavy atom. The van der Waals surface area contributed by atoms with E-state index in [2.05, 4.69) is 10.2 Å². The van der Waals surface area contributed by atoms with Crippen LogP contribution in [0.2, 0.25) is 0 Å². The number of hydrogen-bond acceptors (Lipinski definition) is 5. The van der Waals surface area contributed by atoms with E-state index in [0.29, 0.717) is 26.2 Å². The van der Waals surface area contributed by atoms with Crippen LogP contribution in [0.1, 0.15) is 6.42 Å². The first-order chi connectivity index (χ1) is 15.4. The average molecular weight is 461 g/mol. The first kappa shape index (κ1) is 22.2. The van der Waals surface area contributed by atoms with Gasteiger partial charge in [-0.05, 0) is 36.4 Å². The Bertz CT molecular complexity index is 1070. The fourth-order valence-electron chi connectivity index (χ4n) is 4.07. The highest BCUT2D eigenvalue weighted by Gasteiger charge is 2.40. The first-order valence-electron chi connectivity index (χ1n) is 10.5. The lowest BCUT2D eigenvalue weighted by molar-refractivity contribution is -0.137. The normalized spacial score (nSPS) is 20.2. The van der Waals surface area contributed by atoms with E-state index in [4.69, 9.17) is 0 Å². The summed E-state index contributed by atoms with van der Waals surface area (Å²) in [5, 5.41) is 2.65. The van der Waals surface area contributed by atoms with Crippen molar-refractivity contribution in [2.45, 2.75) is 17.4 Å². The van der Waals surface area contributed by atoms with Gasteiger partial charge in [-0.25, -0.2) is 12.8 Å². The maximum Gasteiger partial charge on any atom is 0.243 e. The highest BCUT2D eigenvalue weighted by Crippen LogP contribution is 2.23. The van der Waals surface area contributed by atoms with Crippen molar-refractivity contribution in [1.29, 1.82) is 0 Å². The van der Waals surface area contributed by atoms with Crippen LogP contribution >= 0.6 is 0 Å². The zero-order valence-electron chi connectivity index (χ0n) is 17.5. The second-order valence-electron chi connectivity index (χ2n) is 7.78. The van der Waals surface area contributed by atoms with E-state index in [0.717, 1.165) is 22.1 Å². The van der Waals surface area contributed by atoms with Crippen LogP contribution in [0.15, 0.2) is 59.5 Å². The maximum absolute atomic E-state index is 13.2. The Kier molecular flexibility index (Phi) is 6.43. The van der Waals surface area contributed by atoms with Gasteiger partial charge in [-0.1, -0.05) is 18.2 Å². The second kappa shape index (κ2) is 9.25. The molecule has 0 spiro atoms. The molecule has 10 heteroatoms. The van der Waals surface area contributed by atoms with Gasteiger partial charge in [0.15, 0.2) is 0 Å². The highest BCUT2D eigenvalue weighted by molar-refractivity contribution is 7.89. The molecule has 2 aliphatic rings. The lowest BCUT2D eigenvalue weighted by atomic mass is 10.1. The van der Waals surface area contributed by atoms with Gasteiger partial charge in [0.05, 0.1) is 11.3 Å². The minimum atomic E-state index is -4.06. The van der Waals surface area contributed by atoms with E-state index < -0.39 is 27.8 Å². The molecule has 2 amide bonds. The van der Waals surface area contributed by atoms with Gasteiger partial charge in [-0.2, -0.15) is 4.31 Å². The van der Waals surface area contributed by atoms with Gasteiger partial charge < -0.3 is 15.1 Å². The van der Waals surface area contributed by atoms with E-state index in [1.54, 1.807) is 4.90 Å². The van der Waals surface area contributed by atoms with E-state index in [1.165, 1.54) is 12.1 Å². The van der Waals surface area contributed by atoms with Crippen molar-refractivity contribution in [2.75, 3.05) is 44.2 Å². The monoisotopic (exact) mass is 460 g/mol. The number of benzene rings is 2. The molecule has 4 rings (SSSR count). The molecule has 0 bridgehead atoms. The molecule has 0 saturated carbocycles. The quantitative estimate of drug-likeness (QED) is 0.721. The van der Waals surface area contributed by atoms with Gasteiger partial charge in [0.25, 0.3) is 0 Å². The molecule has 170 valence electrons. The van der Waals surface area contributed by atoms with E-state index in [9.17, 15) is 22.4 Å². The number of piperazine rings is 2. The average Bonchev–Trinajstić information content (AvgIpc) is 2.81. The van der Waals surface area contributed by atoms with Crippen LogP contribution in [0.5, 0.6) is 0 Å². The van der Waals surface area contributed by atoms with Crippen molar-refractivity contribution in [3.05, 3.63) is 60.4 Å². The number of rotatable bonds is 5. The molecule has 32 heavy (non-hydrogen) atoms. The van der Waals surface area contributed by atoms with Crippen molar-refractivity contribution in [3.63, 3.8) is 0 Å². The van der Waals surface area contributed by atoms with E-state index in [1.807, 2.05) is 30.3 Å². The van der Waals surface area contributed by atoms with Crippen molar-refractivity contribution < 1.29 is 22.4 Å². The number of hydrogen-bond donors (Lipinski definition) is 1. The lowest BCUT2D eigenvalue weighted by Crippen LogP contribution is -2.59. The molecular formula is C22H25FN4O4S. The molecule has 0 aromatic heterocycles. The number of nitrogens with one attached hydrogen (secondary N) is 1. The SMILES string of the molecule is O=C1NCCN(S(=O)(=O)c2ccc(F)cc2)[C@H]1CC(=O)N1CCN(c2ccccc2)CC1. The predicted octanol–water partition coefficient (Wildman–Crippen LogP) is 1.05. The Morgan fingerprint density at radius 2 is 1.62 bits per heavy atom. The Hall–Kier alpha value is -2.98. The van der Waals surface area contributed by atoms with Crippen LogP contribution in [0.25, 0.3) is 0 Å². The fourth-order valence-corrected chi connectivity index (χ4v) is 5.65. The predicted molar refractivity (Wildman–Crippen MR) is 117 cm³/mol. The summed E-state index contributed by atoms with van der Waals surface area (Å²) >= 11 is 0. The molecule has 2 aromatic rings. The number of sulfonamides is 1. The number of para-hydroxylation sites is 1. The molecule has 8 nitrogen and oxygen atoms in total. The molecular weight excluding hydrogens is 435 g/mol. The molecule has 1 atom stereocenters. The van der Waals surface area contributed by atoms with Gasteiger partial charge in [0, 0.05) is 45.0 Å². The molecule has 0 aliphatic carbocycles. The summed E-state index contributed by atoms with van der Waals surface area (Å²) < 4.78 is 40.5. The van der Waals surface area contributed by atoms with E-state index >= 15 is 0 Å². The summed E-state index contributed by atoms with van der Waals surface area (Å²) in [5.74, 6) is -1.32. The van der Waals surface area contributed by atoms with Gasteiger partial charge in [-0.15, -0.1) is 0 Å². The van der Waals surface area contributed by atoms with Crippen molar-refractivity contribution >= 4 is 27.5 Å². The summed E-state index contributed by atoms with van der Waals surface area (Å²) in [6.45, 7) is 2.50. The number of amides is 2. The van der Waals surface area contributed by atoms with Crippen LogP contribution < -0.4 is 10.2 Å². The largest absolute Gasteiger partial charge is 0.368 e. The minimum absolute atomic E-state index is 0.0468. The van der Waals surface area contributed by atoms with Crippen molar-refractivity contribution in [3.8, 4) is 0 Å². The molecule has 1 N–H and O–H groups in total. The van der Waals surface area contributed by atoms with Crippen LogP contribution in [0.4, 0.5) is 10.1 Å². The fraction of sp³-hybridized carbons (Fsp3) is 0.364. The number of carbonyl (C=O) groups excluding carboxylic acids is 2. The Morgan fingerprint density at radius 1 is 0.969 bits per heavy atom. The van der Waals surface area contributed by atoms with Gasteiger partial charge in [0.1, 0.15) is 11.9 Å². The van der Waals surface area contributed by atoms with Crippen LogP contribution in [0.3, 0.4) is 0 Å². The summed E-state index contributed by atoms with van der Waals surface area (Å²) in [6.07, 6.45) is -0.238. The number of halogens is 1. The third kappa shape index (κ3) is 4.61. The Balaban J connectivity index is 1.45. The molecule has 2 saturated heterocycles. The molecule has 2 fully saturated rings. The summed E-state index contributed by atoms with van der Waals surface area (Å²) in [5.41, 5.74) is 1.09. The maximum atomic E-state index is 13.2. The van der Waals surface area contributed by atoms with Gasteiger partial charge in [-0.3, -0.25) is 9.59 Å². The molecule has 2 aromatic carbocycles. The van der Waals surface area contributed by atoms with Crippen LogP contribution in [0, 0.1) is 5.82 Å². The van der Waals surface area contributed by atoms with Crippen LogP contribution in [-0.4, -0.2) is 74.7 Å². The van der Waals surface area contributed by atoms with Crippen molar-refractivity contribution in [1.82, 2.24) is 14.5 Å². The third-order valence-electron chi connectivity index (χ3n) is 5.82. The Labute approximate surface area is 186 Å². The second-order valence-corrected chi connectivity index (χ2v) is 9.67. The minimum Gasteiger partial charge on any atom is -0.368 e. The zero-order valence-corrected chi connectivity index (χ0v) is 18.3. The molecule has 2 heterocycles. The van der Waals surface area contributed by atoms with Crippen LogP contribution in [-0.2, 0) is 19.6 Å².